The first-order valence-corrected chi connectivity index (χ1v) is 17.3. The van der Waals surface area contributed by atoms with Crippen LogP contribution in [0.5, 0.6) is 11.8 Å². The molecule has 2 atom stereocenters. The fraction of sp³-hybridized carbons (Fsp3) is 0.533. The van der Waals surface area contributed by atoms with E-state index in [1.165, 1.54) is 11.0 Å². The van der Waals surface area contributed by atoms with Gasteiger partial charge in [-0.2, -0.15) is 36.8 Å². The number of likely N-dealkylation sites (N-methyl/N-ethyl adjacent to an activating group) is 1. The second-order valence-corrected chi connectivity index (χ2v) is 15.1. The van der Waals surface area contributed by atoms with E-state index in [-0.39, 0.29) is 55.1 Å². The Labute approximate surface area is 278 Å². The number of benzene rings is 1. The topological polar surface area (TPSA) is 138 Å². The summed E-state index contributed by atoms with van der Waals surface area (Å²) in [5, 5.41) is 9.58. The van der Waals surface area contributed by atoms with Crippen molar-refractivity contribution in [3.63, 3.8) is 0 Å². The third kappa shape index (κ3) is 7.68. The van der Waals surface area contributed by atoms with Gasteiger partial charge in [0.15, 0.2) is 11.6 Å². The lowest BCUT2D eigenvalue weighted by atomic mass is 10.1. The minimum atomic E-state index is -6.11. The lowest BCUT2D eigenvalue weighted by molar-refractivity contribution is -0.0500. The van der Waals surface area contributed by atoms with Crippen molar-refractivity contribution in [1.29, 1.82) is 5.26 Å². The Kier molecular flexibility index (Phi) is 9.96. The molecule has 3 aromatic rings. The Morgan fingerprint density at radius 3 is 2.54 bits per heavy atom. The molecule has 5 rings (SSSR count). The molecule has 0 aliphatic carbocycles. The lowest BCUT2D eigenvalue weighted by Crippen LogP contribution is -2.56. The molecule has 260 valence electrons. The number of anilines is 1. The van der Waals surface area contributed by atoms with Gasteiger partial charge in [-0.15, -0.1) is 11.3 Å². The third-order valence-corrected chi connectivity index (χ3v) is 9.96. The van der Waals surface area contributed by atoms with Crippen molar-refractivity contribution in [2.24, 2.45) is 0 Å². The fourth-order valence-corrected chi connectivity index (χ4v) is 7.16. The van der Waals surface area contributed by atoms with Gasteiger partial charge in [-0.25, -0.2) is 9.18 Å². The molecule has 2 aromatic heterocycles. The van der Waals surface area contributed by atoms with Crippen LogP contribution in [0.4, 0.5) is 28.2 Å². The Morgan fingerprint density at radius 1 is 1.15 bits per heavy atom. The standard InChI is InChI=1S/C30H34F4N6O6S2/c1-29(2,3)45-28(41)40-14-13-39(16-18(40)10-11-35)26-25-21(36-27(37-26)44-17-19-7-6-12-38(19)4)15-23(47-25)24-20(31)8-5-9-22(24)46-48(42,43)30(32,33)34/h5,8-9,15,18-19H,6-7,10,12-14,16-17H2,1-4H3/t18?,19-/m0/s1. The van der Waals surface area contributed by atoms with Crippen LogP contribution in [0.25, 0.3) is 20.7 Å². The molecular weight excluding hydrogens is 680 g/mol. The maximum Gasteiger partial charge on any atom is 0.534 e. The van der Waals surface area contributed by atoms with E-state index in [0.29, 0.717) is 10.5 Å². The van der Waals surface area contributed by atoms with E-state index in [4.69, 9.17) is 9.47 Å². The summed E-state index contributed by atoms with van der Waals surface area (Å²) in [5.74, 6) is -1.54. The summed E-state index contributed by atoms with van der Waals surface area (Å²) in [6.45, 7) is 6.99. The lowest BCUT2D eigenvalue weighted by Gasteiger charge is -2.41. The number of halogens is 4. The number of hydrogen-bond donors (Lipinski definition) is 0. The Morgan fingerprint density at radius 2 is 1.90 bits per heavy atom. The highest BCUT2D eigenvalue weighted by Crippen LogP contribution is 2.44. The number of ether oxygens (including phenoxy) is 2. The summed E-state index contributed by atoms with van der Waals surface area (Å²) in [6.07, 6.45) is 1.33. The summed E-state index contributed by atoms with van der Waals surface area (Å²) < 4.78 is 94.9. The van der Waals surface area contributed by atoms with Crippen molar-refractivity contribution in [3.05, 3.63) is 30.1 Å². The number of carbonyl (C=O) groups excluding carboxylic acids is 1. The molecule has 48 heavy (non-hydrogen) atoms. The van der Waals surface area contributed by atoms with E-state index in [2.05, 4.69) is 25.1 Å². The Hall–Kier alpha value is -3.95. The van der Waals surface area contributed by atoms with Crippen molar-refractivity contribution in [3.8, 4) is 28.3 Å². The van der Waals surface area contributed by atoms with Crippen LogP contribution in [0.2, 0.25) is 0 Å². The van der Waals surface area contributed by atoms with Gasteiger partial charge in [0.25, 0.3) is 0 Å². The molecule has 1 aromatic carbocycles. The van der Waals surface area contributed by atoms with Gasteiger partial charge in [-0.05, 0) is 65.4 Å². The van der Waals surface area contributed by atoms with Crippen LogP contribution in [-0.4, -0.2) is 97.3 Å². The SMILES string of the molecule is CN1CCC[C@H]1COc1nc(N2CCN(C(=O)OC(C)(C)C)C(CC#N)C2)c2sc(-c3c(F)cccc3OS(=O)(=O)C(F)(F)F)cc2n1. The summed E-state index contributed by atoms with van der Waals surface area (Å²) in [5.41, 5.74) is -6.75. The van der Waals surface area contributed by atoms with Gasteiger partial charge >= 0.3 is 27.7 Å². The molecule has 18 heteroatoms. The van der Waals surface area contributed by atoms with Crippen LogP contribution in [-0.2, 0) is 14.9 Å². The van der Waals surface area contributed by atoms with Gasteiger partial charge in [-0.3, -0.25) is 0 Å². The van der Waals surface area contributed by atoms with Crippen molar-refractivity contribution in [1.82, 2.24) is 19.8 Å². The molecule has 2 aliphatic heterocycles. The molecular formula is C30H34F4N6O6S2. The average molecular weight is 715 g/mol. The van der Waals surface area contributed by atoms with Gasteiger partial charge in [0.05, 0.1) is 34.3 Å². The van der Waals surface area contributed by atoms with Crippen molar-refractivity contribution < 1.29 is 44.4 Å². The average Bonchev–Trinajstić information content (AvgIpc) is 3.59. The maximum absolute atomic E-state index is 15.3. The number of thiophene rings is 1. The number of hydrogen-bond acceptors (Lipinski definition) is 12. The van der Waals surface area contributed by atoms with Crippen LogP contribution in [0, 0.1) is 17.1 Å². The van der Waals surface area contributed by atoms with Crippen molar-refractivity contribution in [2.45, 2.75) is 63.2 Å². The number of rotatable bonds is 8. The Bertz CT molecular complexity index is 1820. The minimum Gasteiger partial charge on any atom is -0.462 e. The first-order valence-electron chi connectivity index (χ1n) is 15.0. The molecule has 0 radical (unpaired) electrons. The highest BCUT2D eigenvalue weighted by atomic mass is 32.2. The van der Waals surface area contributed by atoms with Gasteiger partial charge < -0.3 is 28.4 Å². The first kappa shape index (κ1) is 35.4. The van der Waals surface area contributed by atoms with Gasteiger partial charge in [0, 0.05) is 30.6 Å². The molecule has 0 N–H and O–H groups in total. The normalized spacial score (nSPS) is 19.4. The van der Waals surface area contributed by atoms with E-state index in [0.717, 1.165) is 48.9 Å². The van der Waals surface area contributed by atoms with Crippen LogP contribution in [0.15, 0.2) is 24.3 Å². The smallest absolute Gasteiger partial charge is 0.462 e. The zero-order valence-electron chi connectivity index (χ0n) is 26.6. The van der Waals surface area contributed by atoms with Gasteiger partial charge in [0.1, 0.15) is 18.0 Å². The van der Waals surface area contributed by atoms with Gasteiger partial charge in [-0.1, -0.05) is 6.07 Å². The molecule has 2 aliphatic rings. The number of carbonyl (C=O) groups is 1. The van der Waals surface area contributed by atoms with E-state index in [1.54, 1.807) is 20.8 Å². The second kappa shape index (κ2) is 13.5. The molecule has 12 nitrogen and oxygen atoms in total. The number of piperazine rings is 1. The number of likely N-dealkylation sites (tertiary alicyclic amines) is 1. The van der Waals surface area contributed by atoms with E-state index in [9.17, 15) is 31.6 Å². The largest absolute Gasteiger partial charge is 0.534 e. The second-order valence-electron chi connectivity index (χ2n) is 12.5. The number of aromatic nitrogens is 2. The van der Waals surface area contributed by atoms with E-state index in [1.807, 2.05) is 11.9 Å². The summed E-state index contributed by atoms with van der Waals surface area (Å²) in [7, 11) is -4.13. The molecule has 0 bridgehead atoms. The third-order valence-electron chi connectivity index (χ3n) is 7.85. The van der Waals surface area contributed by atoms with Gasteiger partial charge in [0.2, 0.25) is 0 Å². The predicted molar refractivity (Wildman–Crippen MR) is 169 cm³/mol. The summed E-state index contributed by atoms with van der Waals surface area (Å²) in [4.78, 5) is 27.7. The van der Waals surface area contributed by atoms with Crippen LogP contribution < -0.4 is 13.8 Å². The molecule has 2 saturated heterocycles. The first-order chi connectivity index (χ1) is 22.5. The highest BCUT2D eigenvalue weighted by molar-refractivity contribution is 7.88. The molecule has 0 spiro atoms. The molecule has 0 saturated carbocycles. The number of nitrogens with zero attached hydrogens (tertiary/aromatic N) is 6. The zero-order valence-corrected chi connectivity index (χ0v) is 28.2. The Balaban J connectivity index is 1.56. The van der Waals surface area contributed by atoms with Crippen LogP contribution >= 0.6 is 11.3 Å². The van der Waals surface area contributed by atoms with Crippen molar-refractivity contribution in [2.75, 3.05) is 44.7 Å². The summed E-state index contributed by atoms with van der Waals surface area (Å²) in [6, 6.07) is 5.96. The summed E-state index contributed by atoms with van der Waals surface area (Å²) >= 11 is 0.918. The molecule has 1 unspecified atom stereocenters. The molecule has 4 heterocycles. The monoisotopic (exact) mass is 714 g/mol. The number of nitriles is 1. The maximum atomic E-state index is 15.3. The number of amides is 1. The molecule has 2 fully saturated rings. The van der Waals surface area contributed by atoms with E-state index < -0.39 is 50.5 Å². The zero-order chi connectivity index (χ0) is 35.0. The van der Waals surface area contributed by atoms with E-state index >= 15 is 4.39 Å². The fourth-order valence-electron chi connectivity index (χ4n) is 5.52. The van der Waals surface area contributed by atoms with Crippen LogP contribution in [0.1, 0.15) is 40.0 Å². The quantitative estimate of drug-likeness (QED) is 0.165. The minimum absolute atomic E-state index is 0.00166. The molecule has 1 amide bonds. The van der Waals surface area contributed by atoms with Crippen LogP contribution in [0.3, 0.4) is 0 Å². The van der Waals surface area contributed by atoms with Crippen molar-refractivity contribution >= 4 is 43.6 Å². The number of alkyl halides is 3. The highest BCUT2D eigenvalue weighted by Gasteiger charge is 2.49. The number of fused-ring (bicyclic) bond motifs is 1. The predicted octanol–water partition coefficient (Wildman–Crippen LogP) is 5.54.